The number of hydrogen-bond acceptors (Lipinski definition) is 3. The molecule has 1 N–H and O–H groups in total. The third-order valence-electron chi connectivity index (χ3n) is 3.54. The lowest BCUT2D eigenvalue weighted by molar-refractivity contribution is -0.122. The van der Waals surface area contributed by atoms with E-state index >= 15 is 0 Å². The van der Waals surface area contributed by atoms with Gasteiger partial charge in [0.05, 0.1) is 6.54 Å². The molecule has 4 heteroatoms. The average molecular weight is 304 g/mol. The number of benzene rings is 1. The van der Waals surface area contributed by atoms with Gasteiger partial charge in [-0.3, -0.25) is 9.69 Å². The summed E-state index contributed by atoms with van der Waals surface area (Å²) in [5.74, 6) is 0.109. The van der Waals surface area contributed by atoms with Crippen molar-refractivity contribution < 1.29 is 4.79 Å². The van der Waals surface area contributed by atoms with Crippen LogP contribution in [0.15, 0.2) is 29.6 Å². The van der Waals surface area contributed by atoms with Gasteiger partial charge in [0, 0.05) is 17.3 Å². The first-order valence-corrected chi connectivity index (χ1v) is 8.41. The van der Waals surface area contributed by atoms with Crippen LogP contribution >= 0.6 is 11.3 Å². The van der Waals surface area contributed by atoms with Crippen molar-refractivity contribution in [3.05, 3.63) is 35.2 Å². The summed E-state index contributed by atoms with van der Waals surface area (Å²) in [6.45, 7) is 5.45. The van der Waals surface area contributed by atoms with Gasteiger partial charge in [0.25, 0.3) is 0 Å². The molecule has 0 saturated heterocycles. The van der Waals surface area contributed by atoms with Crippen LogP contribution in [0, 0.1) is 0 Å². The van der Waals surface area contributed by atoms with E-state index in [1.807, 2.05) is 7.05 Å². The van der Waals surface area contributed by atoms with E-state index in [0.717, 1.165) is 19.4 Å². The number of likely N-dealkylation sites (N-methyl/N-ethyl adjacent to an activating group) is 1. The molecule has 1 atom stereocenters. The maximum atomic E-state index is 12.0. The Bertz CT molecular complexity index is 593. The minimum absolute atomic E-state index is 0.109. The van der Waals surface area contributed by atoms with Crippen molar-refractivity contribution in [1.82, 2.24) is 10.2 Å². The van der Waals surface area contributed by atoms with E-state index in [2.05, 4.69) is 53.7 Å². The van der Waals surface area contributed by atoms with Crippen LogP contribution in [0.25, 0.3) is 10.1 Å². The maximum absolute atomic E-state index is 12.0. The Morgan fingerprint density at radius 2 is 2.14 bits per heavy atom. The van der Waals surface area contributed by atoms with Crippen LogP contribution in [0.3, 0.4) is 0 Å². The van der Waals surface area contributed by atoms with E-state index in [9.17, 15) is 4.79 Å². The molecule has 1 aromatic carbocycles. The fourth-order valence-corrected chi connectivity index (χ4v) is 3.53. The molecular weight excluding hydrogens is 280 g/mol. The Kier molecular flexibility index (Phi) is 5.76. The summed E-state index contributed by atoms with van der Waals surface area (Å²) < 4.78 is 1.31. The van der Waals surface area contributed by atoms with Crippen molar-refractivity contribution in [2.45, 2.75) is 39.3 Å². The van der Waals surface area contributed by atoms with Crippen molar-refractivity contribution >= 4 is 27.3 Å². The van der Waals surface area contributed by atoms with E-state index in [4.69, 9.17) is 0 Å². The predicted molar refractivity (Wildman–Crippen MR) is 90.7 cm³/mol. The fraction of sp³-hybridized carbons (Fsp3) is 0.471. The quantitative estimate of drug-likeness (QED) is 0.847. The molecule has 0 bridgehead atoms. The second-order valence-electron chi connectivity index (χ2n) is 5.69. The van der Waals surface area contributed by atoms with Crippen molar-refractivity contribution in [2.75, 3.05) is 13.6 Å². The molecule has 1 heterocycles. The molecule has 2 aromatic rings. The minimum atomic E-state index is 0.109. The van der Waals surface area contributed by atoms with Crippen LogP contribution in [-0.4, -0.2) is 30.4 Å². The zero-order valence-electron chi connectivity index (χ0n) is 13.1. The number of amides is 1. The summed E-state index contributed by atoms with van der Waals surface area (Å²) in [5, 5.41) is 6.54. The van der Waals surface area contributed by atoms with Gasteiger partial charge in [-0.2, -0.15) is 0 Å². The van der Waals surface area contributed by atoms with Gasteiger partial charge in [-0.1, -0.05) is 31.5 Å². The van der Waals surface area contributed by atoms with Gasteiger partial charge in [0.15, 0.2) is 0 Å². The highest BCUT2D eigenvalue weighted by molar-refractivity contribution is 7.17. The van der Waals surface area contributed by atoms with Crippen molar-refractivity contribution in [1.29, 1.82) is 0 Å². The van der Waals surface area contributed by atoms with Crippen LogP contribution in [0.5, 0.6) is 0 Å². The van der Waals surface area contributed by atoms with Gasteiger partial charge in [-0.05, 0) is 42.8 Å². The van der Waals surface area contributed by atoms with Crippen LogP contribution in [0.4, 0.5) is 0 Å². The Balaban J connectivity index is 1.89. The lowest BCUT2D eigenvalue weighted by atomic mass is 10.1. The van der Waals surface area contributed by atoms with E-state index < -0.39 is 0 Å². The average Bonchev–Trinajstić information content (AvgIpc) is 2.82. The first-order valence-electron chi connectivity index (χ1n) is 7.53. The third kappa shape index (κ3) is 4.55. The molecule has 0 spiro atoms. The lowest BCUT2D eigenvalue weighted by Gasteiger charge is -2.18. The van der Waals surface area contributed by atoms with Gasteiger partial charge in [-0.15, -0.1) is 11.3 Å². The molecule has 3 nitrogen and oxygen atoms in total. The summed E-state index contributed by atoms with van der Waals surface area (Å²) in [7, 11) is 2.00. The highest BCUT2D eigenvalue weighted by atomic mass is 32.1. The standard InChI is InChI=1S/C17H24N2OS/c1-4-7-13(2)18-17(20)11-19(3)10-14-12-21-16-9-6-5-8-15(14)16/h5-6,8-9,12-13H,4,7,10-11H2,1-3H3,(H,18,20). The summed E-state index contributed by atoms with van der Waals surface area (Å²) in [6, 6.07) is 8.69. The van der Waals surface area contributed by atoms with Gasteiger partial charge >= 0.3 is 0 Å². The van der Waals surface area contributed by atoms with Gasteiger partial charge in [0.1, 0.15) is 0 Å². The fourth-order valence-electron chi connectivity index (χ4n) is 2.57. The van der Waals surface area contributed by atoms with E-state index in [1.165, 1.54) is 15.6 Å². The number of hydrogen-bond donors (Lipinski definition) is 1. The van der Waals surface area contributed by atoms with Gasteiger partial charge < -0.3 is 5.32 Å². The van der Waals surface area contributed by atoms with E-state index in [1.54, 1.807) is 11.3 Å². The Morgan fingerprint density at radius 3 is 2.90 bits per heavy atom. The molecule has 1 unspecified atom stereocenters. The number of carbonyl (C=O) groups excluding carboxylic acids is 1. The van der Waals surface area contributed by atoms with E-state index in [0.29, 0.717) is 6.54 Å². The molecule has 0 aliphatic heterocycles. The van der Waals surface area contributed by atoms with Crippen molar-refractivity contribution in [3.8, 4) is 0 Å². The molecule has 1 aromatic heterocycles. The molecule has 0 aliphatic rings. The second kappa shape index (κ2) is 7.57. The highest BCUT2D eigenvalue weighted by Crippen LogP contribution is 2.26. The normalized spacial score (nSPS) is 12.8. The highest BCUT2D eigenvalue weighted by Gasteiger charge is 2.11. The Morgan fingerprint density at radius 1 is 1.38 bits per heavy atom. The largest absolute Gasteiger partial charge is 0.353 e. The van der Waals surface area contributed by atoms with Crippen molar-refractivity contribution in [3.63, 3.8) is 0 Å². The van der Waals surface area contributed by atoms with Gasteiger partial charge in [-0.25, -0.2) is 0 Å². The Labute approximate surface area is 131 Å². The van der Waals surface area contributed by atoms with Crippen LogP contribution < -0.4 is 5.32 Å². The summed E-state index contributed by atoms with van der Waals surface area (Å²) in [6.07, 6.45) is 2.13. The number of fused-ring (bicyclic) bond motifs is 1. The van der Waals surface area contributed by atoms with Gasteiger partial charge in [0.2, 0.25) is 5.91 Å². The molecule has 0 radical (unpaired) electrons. The maximum Gasteiger partial charge on any atom is 0.234 e. The number of nitrogens with zero attached hydrogens (tertiary/aromatic N) is 1. The monoisotopic (exact) mass is 304 g/mol. The number of thiophene rings is 1. The molecule has 114 valence electrons. The van der Waals surface area contributed by atoms with Crippen molar-refractivity contribution in [2.24, 2.45) is 0 Å². The first-order chi connectivity index (χ1) is 10.1. The smallest absolute Gasteiger partial charge is 0.234 e. The molecule has 2 rings (SSSR count). The summed E-state index contributed by atoms with van der Waals surface area (Å²) in [5.41, 5.74) is 1.30. The minimum Gasteiger partial charge on any atom is -0.353 e. The topological polar surface area (TPSA) is 32.3 Å². The number of carbonyl (C=O) groups is 1. The summed E-state index contributed by atoms with van der Waals surface area (Å²) in [4.78, 5) is 14.1. The molecule has 1 amide bonds. The Hall–Kier alpha value is -1.39. The molecule has 0 aliphatic carbocycles. The molecule has 0 fully saturated rings. The molecule has 0 saturated carbocycles. The predicted octanol–water partition coefficient (Wildman–Crippen LogP) is 3.64. The van der Waals surface area contributed by atoms with Crippen LogP contribution in [0.1, 0.15) is 32.3 Å². The first kappa shape index (κ1) is 16.0. The zero-order valence-corrected chi connectivity index (χ0v) is 13.9. The number of nitrogens with one attached hydrogen (secondary N) is 1. The molecule has 21 heavy (non-hydrogen) atoms. The second-order valence-corrected chi connectivity index (χ2v) is 6.60. The summed E-state index contributed by atoms with van der Waals surface area (Å²) >= 11 is 1.76. The van der Waals surface area contributed by atoms with E-state index in [-0.39, 0.29) is 11.9 Å². The zero-order chi connectivity index (χ0) is 15.2. The van der Waals surface area contributed by atoms with Crippen LogP contribution in [0.2, 0.25) is 0 Å². The number of rotatable bonds is 7. The van der Waals surface area contributed by atoms with Crippen LogP contribution in [-0.2, 0) is 11.3 Å². The lowest BCUT2D eigenvalue weighted by Crippen LogP contribution is -2.39. The SMILES string of the molecule is CCCC(C)NC(=O)CN(C)Cc1csc2ccccc12. The third-order valence-corrected chi connectivity index (χ3v) is 4.56. The molecular formula is C17H24N2OS.